The zero-order chi connectivity index (χ0) is 18.0. The Labute approximate surface area is 142 Å². The Bertz CT molecular complexity index is 636. The van der Waals surface area contributed by atoms with Crippen LogP contribution in [0.15, 0.2) is 18.2 Å². The number of carboxylic acids is 1. The predicted molar refractivity (Wildman–Crippen MR) is 89.4 cm³/mol. The topological polar surface area (TPSA) is 84.9 Å². The van der Waals surface area contributed by atoms with Gasteiger partial charge in [0.25, 0.3) is 5.91 Å². The molecule has 24 heavy (non-hydrogen) atoms. The summed E-state index contributed by atoms with van der Waals surface area (Å²) in [5.41, 5.74) is -0.0681. The zero-order valence-electron chi connectivity index (χ0n) is 14.6. The number of nitrogens with one attached hydrogen (secondary N) is 1. The molecule has 6 nitrogen and oxygen atoms in total. The number of carbonyl (C=O) groups is 2. The third-order valence-electron chi connectivity index (χ3n) is 4.06. The van der Waals surface area contributed by atoms with Gasteiger partial charge < -0.3 is 19.9 Å². The SMILES string of the molecule is CC1(C)Cc2cccc(OCC(=O)NCCC(C)(C)C(=O)O)c2O1. The van der Waals surface area contributed by atoms with Gasteiger partial charge in [0.15, 0.2) is 18.1 Å². The number of hydrogen-bond donors (Lipinski definition) is 2. The van der Waals surface area contributed by atoms with Gasteiger partial charge in [-0.15, -0.1) is 0 Å². The minimum absolute atomic E-state index is 0.131. The van der Waals surface area contributed by atoms with E-state index in [9.17, 15) is 9.59 Å². The van der Waals surface area contributed by atoms with Crippen LogP contribution in [-0.4, -0.2) is 35.7 Å². The van der Waals surface area contributed by atoms with Crippen LogP contribution in [0, 0.1) is 5.41 Å². The molecule has 0 radical (unpaired) electrons. The van der Waals surface area contributed by atoms with Crippen molar-refractivity contribution >= 4 is 11.9 Å². The summed E-state index contributed by atoms with van der Waals surface area (Å²) < 4.78 is 11.5. The van der Waals surface area contributed by atoms with Gasteiger partial charge in [-0.1, -0.05) is 12.1 Å². The fourth-order valence-corrected chi connectivity index (χ4v) is 2.52. The molecule has 1 amide bonds. The molecule has 0 fully saturated rings. The molecule has 0 unspecified atom stereocenters. The van der Waals surface area contributed by atoms with E-state index in [0.29, 0.717) is 17.9 Å². The molecule has 1 aliphatic rings. The monoisotopic (exact) mass is 335 g/mol. The maximum Gasteiger partial charge on any atom is 0.309 e. The van der Waals surface area contributed by atoms with Gasteiger partial charge >= 0.3 is 5.97 Å². The maximum atomic E-state index is 11.9. The number of hydrogen-bond acceptors (Lipinski definition) is 4. The van der Waals surface area contributed by atoms with Crippen LogP contribution in [0.5, 0.6) is 11.5 Å². The van der Waals surface area contributed by atoms with Crippen molar-refractivity contribution < 1.29 is 24.2 Å². The van der Waals surface area contributed by atoms with Crippen LogP contribution in [0.4, 0.5) is 0 Å². The lowest BCUT2D eigenvalue weighted by Crippen LogP contribution is -2.34. The number of rotatable bonds is 7. The summed E-state index contributed by atoms with van der Waals surface area (Å²) in [7, 11) is 0. The highest BCUT2D eigenvalue weighted by molar-refractivity contribution is 5.78. The second kappa shape index (κ2) is 6.71. The lowest BCUT2D eigenvalue weighted by molar-refractivity contribution is -0.147. The summed E-state index contributed by atoms with van der Waals surface area (Å²) in [4.78, 5) is 22.9. The van der Waals surface area contributed by atoms with E-state index in [0.717, 1.165) is 12.0 Å². The van der Waals surface area contributed by atoms with Crippen LogP contribution < -0.4 is 14.8 Å². The first kappa shape index (κ1) is 18.1. The van der Waals surface area contributed by atoms with Crippen molar-refractivity contribution in [1.29, 1.82) is 0 Å². The molecule has 132 valence electrons. The number of benzene rings is 1. The molecule has 0 spiro atoms. The molecule has 0 atom stereocenters. The van der Waals surface area contributed by atoms with Crippen molar-refractivity contribution in [3.05, 3.63) is 23.8 Å². The normalized spacial score (nSPS) is 15.3. The first-order valence-corrected chi connectivity index (χ1v) is 8.04. The molecule has 1 aliphatic heterocycles. The minimum Gasteiger partial charge on any atom is -0.483 e. The molecular weight excluding hydrogens is 310 g/mol. The number of carbonyl (C=O) groups excluding carboxylic acids is 1. The molecule has 0 saturated heterocycles. The van der Waals surface area contributed by atoms with Crippen LogP contribution >= 0.6 is 0 Å². The Hall–Kier alpha value is -2.24. The van der Waals surface area contributed by atoms with Gasteiger partial charge in [-0.25, -0.2) is 0 Å². The average molecular weight is 335 g/mol. The Kier molecular flexibility index (Phi) is 5.06. The van der Waals surface area contributed by atoms with Crippen molar-refractivity contribution in [2.24, 2.45) is 5.41 Å². The zero-order valence-corrected chi connectivity index (χ0v) is 14.6. The van der Waals surface area contributed by atoms with Crippen LogP contribution in [-0.2, 0) is 16.0 Å². The van der Waals surface area contributed by atoms with Gasteiger partial charge in [0, 0.05) is 18.5 Å². The standard InChI is InChI=1S/C18H25NO5/c1-17(2,16(21)22)8-9-19-14(20)11-23-13-7-5-6-12-10-18(3,4)24-15(12)13/h5-7H,8-11H2,1-4H3,(H,19,20)(H,21,22). The lowest BCUT2D eigenvalue weighted by Gasteiger charge is -2.19. The molecule has 2 N–H and O–H groups in total. The summed E-state index contributed by atoms with van der Waals surface area (Å²) in [6.45, 7) is 7.43. The number of fused-ring (bicyclic) bond motifs is 1. The predicted octanol–water partition coefficient (Wildman–Crippen LogP) is 2.40. The number of amides is 1. The molecule has 2 rings (SSSR count). The molecule has 6 heteroatoms. The van der Waals surface area contributed by atoms with Gasteiger partial charge in [0.1, 0.15) is 5.60 Å². The Balaban J connectivity index is 1.84. The Morgan fingerprint density at radius 3 is 2.75 bits per heavy atom. The number of carboxylic acid groups (broad SMARTS) is 1. The van der Waals surface area contributed by atoms with Crippen molar-refractivity contribution in [2.75, 3.05) is 13.2 Å². The highest BCUT2D eigenvalue weighted by atomic mass is 16.5. The van der Waals surface area contributed by atoms with Gasteiger partial charge in [0.2, 0.25) is 0 Å². The van der Waals surface area contributed by atoms with Crippen LogP contribution in [0.25, 0.3) is 0 Å². The molecule has 0 saturated carbocycles. The van der Waals surface area contributed by atoms with Crippen molar-refractivity contribution in [3.8, 4) is 11.5 Å². The first-order valence-electron chi connectivity index (χ1n) is 8.04. The van der Waals surface area contributed by atoms with Gasteiger partial charge in [-0.3, -0.25) is 9.59 Å². The number of aliphatic carboxylic acids is 1. The third-order valence-corrected chi connectivity index (χ3v) is 4.06. The van der Waals surface area contributed by atoms with Gasteiger partial charge in [-0.05, 0) is 40.2 Å². The Morgan fingerprint density at radius 1 is 1.38 bits per heavy atom. The van der Waals surface area contributed by atoms with E-state index in [-0.39, 0.29) is 24.7 Å². The molecule has 0 aromatic heterocycles. The smallest absolute Gasteiger partial charge is 0.309 e. The van der Waals surface area contributed by atoms with Crippen LogP contribution in [0.2, 0.25) is 0 Å². The highest BCUT2D eigenvalue weighted by Gasteiger charge is 2.32. The summed E-state index contributed by atoms with van der Waals surface area (Å²) in [5.74, 6) is 0.0834. The minimum atomic E-state index is -0.882. The van der Waals surface area contributed by atoms with Crippen molar-refractivity contribution in [3.63, 3.8) is 0 Å². The fourth-order valence-electron chi connectivity index (χ4n) is 2.52. The molecule has 1 aromatic carbocycles. The van der Waals surface area contributed by atoms with E-state index in [1.165, 1.54) is 0 Å². The second-order valence-corrected chi connectivity index (χ2v) is 7.36. The fraction of sp³-hybridized carbons (Fsp3) is 0.556. The van der Waals surface area contributed by atoms with Crippen molar-refractivity contribution in [1.82, 2.24) is 5.32 Å². The summed E-state index contributed by atoms with van der Waals surface area (Å²) in [6.07, 6.45) is 1.15. The first-order chi connectivity index (χ1) is 11.1. The molecule has 0 aliphatic carbocycles. The third kappa shape index (κ3) is 4.40. The van der Waals surface area contributed by atoms with Gasteiger partial charge in [-0.2, -0.15) is 0 Å². The summed E-state index contributed by atoms with van der Waals surface area (Å²) in [6, 6.07) is 5.65. The molecule has 0 bridgehead atoms. The number of para-hydroxylation sites is 1. The van der Waals surface area contributed by atoms with E-state index >= 15 is 0 Å². The molecule has 1 aromatic rings. The van der Waals surface area contributed by atoms with Crippen molar-refractivity contribution in [2.45, 2.75) is 46.1 Å². The number of ether oxygens (including phenoxy) is 2. The van der Waals surface area contributed by atoms with E-state index < -0.39 is 11.4 Å². The van der Waals surface area contributed by atoms with Gasteiger partial charge in [0.05, 0.1) is 5.41 Å². The van der Waals surface area contributed by atoms with Crippen LogP contribution in [0.1, 0.15) is 39.7 Å². The van der Waals surface area contributed by atoms with Crippen LogP contribution in [0.3, 0.4) is 0 Å². The maximum absolute atomic E-state index is 11.9. The second-order valence-electron chi connectivity index (χ2n) is 7.36. The summed E-state index contributed by atoms with van der Waals surface area (Å²) >= 11 is 0. The molecule has 1 heterocycles. The largest absolute Gasteiger partial charge is 0.483 e. The van der Waals surface area contributed by atoms with E-state index in [4.69, 9.17) is 14.6 Å². The van der Waals surface area contributed by atoms with E-state index in [1.807, 2.05) is 26.0 Å². The van der Waals surface area contributed by atoms with E-state index in [1.54, 1.807) is 19.9 Å². The average Bonchev–Trinajstić information content (AvgIpc) is 2.79. The quantitative estimate of drug-likeness (QED) is 0.799. The van der Waals surface area contributed by atoms with E-state index in [2.05, 4.69) is 5.32 Å². The summed E-state index contributed by atoms with van der Waals surface area (Å²) in [5, 5.41) is 11.7. The Morgan fingerprint density at radius 2 is 2.08 bits per heavy atom. The lowest BCUT2D eigenvalue weighted by atomic mass is 9.90. The molecular formula is C18H25NO5. The highest BCUT2D eigenvalue weighted by Crippen LogP contribution is 2.41.